The number of hydrogen-bond donors (Lipinski definition) is 0. The van der Waals surface area contributed by atoms with Crippen LogP contribution in [0.2, 0.25) is 10.0 Å². The van der Waals surface area contributed by atoms with Crippen LogP contribution in [0.3, 0.4) is 0 Å². The number of alkyl halides is 3. The fraction of sp³-hybridized carbons (Fsp3) is 0.323. The third kappa shape index (κ3) is 7.56. The van der Waals surface area contributed by atoms with Crippen LogP contribution in [0, 0.1) is 0 Å². The lowest BCUT2D eigenvalue weighted by Gasteiger charge is -2.31. The lowest BCUT2D eigenvalue weighted by atomic mass is 9.98. The number of carbonyl (C=O) groups is 2. The van der Waals surface area contributed by atoms with Crippen LogP contribution in [-0.4, -0.2) is 78.3 Å². The van der Waals surface area contributed by atoms with Crippen molar-refractivity contribution in [2.75, 3.05) is 45.9 Å². The summed E-state index contributed by atoms with van der Waals surface area (Å²) in [6.07, 6.45) is -4.14. The van der Waals surface area contributed by atoms with Crippen molar-refractivity contribution in [3.63, 3.8) is 0 Å². The molecule has 0 bridgehead atoms. The van der Waals surface area contributed by atoms with Gasteiger partial charge in [-0.25, -0.2) is 5.01 Å². The Hall–Kier alpha value is -3.44. The molecule has 2 heterocycles. The molecule has 43 heavy (non-hydrogen) atoms. The third-order valence-electron chi connectivity index (χ3n) is 7.47. The molecule has 0 aromatic heterocycles. The fourth-order valence-electron chi connectivity index (χ4n) is 5.10. The zero-order chi connectivity index (χ0) is 30.6. The molecule has 2 aliphatic heterocycles. The van der Waals surface area contributed by atoms with Crippen LogP contribution in [-0.2, 0) is 15.7 Å². The van der Waals surface area contributed by atoms with Crippen LogP contribution in [0.1, 0.15) is 39.5 Å². The summed E-state index contributed by atoms with van der Waals surface area (Å²) >= 11 is 12.6. The highest BCUT2D eigenvalue weighted by molar-refractivity contribution is 6.34. The summed E-state index contributed by atoms with van der Waals surface area (Å²) in [6.45, 7) is 2.79. The third-order valence-corrected chi connectivity index (χ3v) is 8.05. The van der Waals surface area contributed by atoms with E-state index >= 15 is 0 Å². The van der Waals surface area contributed by atoms with Gasteiger partial charge in [-0.1, -0.05) is 53.5 Å². The molecule has 3 aromatic carbocycles. The van der Waals surface area contributed by atoms with Crippen LogP contribution < -0.4 is 0 Å². The van der Waals surface area contributed by atoms with Crippen molar-refractivity contribution in [1.82, 2.24) is 14.8 Å². The van der Waals surface area contributed by atoms with Crippen LogP contribution in [0.15, 0.2) is 77.9 Å². The molecule has 0 aliphatic carbocycles. The molecular weight excluding hydrogens is 604 g/mol. The molecule has 0 spiro atoms. The van der Waals surface area contributed by atoms with E-state index in [9.17, 15) is 22.8 Å². The topological polar surface area (TPSA) is 65.5 Å². The van der Waals surface area contributed by atoms with Crippen molar-refractivity contribution >= 4 is 40.7 Å². The van der Waals surface area contributed by atoms with Crippen molar-refractivity contribution in [2.24, 2.45) is 5.10 Å². The number of halogens is 5. The summed E-state index contributed by atoms with van der Waals surface area (Å²) in [6, 6.07) is 17.9. The number of hydrogen-bond acceptors (Lipinski definition) is 5. The van der Waals surface area contributed by atoms with Crippen molar-refractivity contribution in [2.45, 2.75) is 18.6 Å². The van der Waals surface area contributed by atoms with Gasteiger partial charge in [0.2, 0.25) is 0 Å². The lowest BCUT2D eigenvalue weighted by Crippen LogP contribution is -2.46. The predicted octanol–water partition coefficient (Wildman–Crippen LogP) is 6.16. The first-order valence-corrected chi connectivity index (χ1v) is 14.5. The number of rotatable bonds is 8. The number of carbonyl (C=O) groups excluding carboxylic acids is 2. The first-order chi connectivity index (χ1) is 20.6. The number of ether oxygens (including phenoxy) is 1. The predicted molar refractivity (Wildman–Crippen MR) is 158 cm³/mol. The van der Waals surface area contributed by atoms with Crippen molar-refractivity contribution in [1.29, 1.82) is 0 Å². The fourth-order valence-corrected chi connectivity index (χ4v) is 5.47. The summed E-state index contributed by atoms with van der Waals surface area (Å²) in [4.78, 5) is 31.0. The molecule has 5 rings (SSSR count). The minimum atomic E-state index is -4.53. The van der Waals surface area contributed by atoms with E-state index in [4.69, 9.17) is 27.9 Å². The van der Waals surface area contributed by atoms with Gasteiger partial charge in [0, 0.05) is 53.8 Å². The standard InChI is InChI=1S/C31H29Cl2F3N4O3/c32-24-11-7-21(8-12-24)28-19-27(25-3-1-2-4-26(25)33)37-40(28)29(41)20-39(14-13-38-15-17-43-18-16-38)30(42)22-5-9-23(10-6-22)31(34,35)36/h1-12,28H,13-20H2/t28-/m0/s1. The highest BCUT2D eigenvalue weighted by atomic mass is 35.5. The second-order valence-electron chi connectivity index (χ2n) is 10.3. The zero-order valence-corrected chi connectivity index (χ0v) is 24.6. The van der Waals surface area contributed by atoms with Crippen LogP contribution >= 0.6 is 23.2 Å². The van der Waals surface area contributed by atoms with E-state index in [1.165, 1.54) is 9.91 Å². The van der Waals surface area contributed by atoms with E-state index in [2.05, 4.69) is 10.0 Å². The number of amides is 2. The molecule has 2 aliphatic rings. The number of nitrogens with zero attached hydrogens (tertiary/aromatic N) is 4. The Morgan fingerprint density at radius 3 is 2.28 bits per heavy atom. The molecule has 0 N–H and O–H groups in total. The molecule has 12 heteroatoms. The molecule has 226 valence electrons. The van der Waals surface area contributed by atoms with Gasteiger partial charge >= 0.3 is 6.18 Å². The van der Waals surface area contributed by atoms with E-state index in [0.29, 0.717) is 60.6 Å². The zero-order valence-electron chi connectivity index (χ0n) is 23.1. The van der Waals surface area contributed by atoms with E-state index in [-0.39, 0.29) is 18.7 Å². The van der Waals surface area contributed by atoms with Gasteiger partial charge in [-0.3, -0.25) is 14.5 Å². The molecule has 0 unspecified atom stereocenters. The SMILES string of the molecule is O=C(c1ccc(C(F)(F)F)cc1)N(CCN1CCOCC1)CC(=O)N1N=C(c2ccccc2Cl)C[C@H]1c1ccc(Cl)cc1. The van der Waals surface area contributed by atoms with E-state index < -0.39 is 29.6 Å². The Morgan fingerprint density at radius 1 is 0.953 bits per heavy atom. The highest BCUT2D eigenvalue weighted by Gasteiger charge is 2.35. The minimum Gasteiger partial charge on any atom is -0.379 e. The van der Waals surface area contributed by atoms with Crippen LogP contribution in [0.5, 0.6) is 0 Å². The molecule has 7 nitrogen and oxygen atoms in total. The maximum atomic E-state index is 13.9. The van der Waals surface area contributed by atoms with Crippen LogP contribution in [0.4, 0.5) is 13.2 Å². The van der Waals surface area contributed by atoms with Crippen molar-refractivity contribution in [3.8, 4) is 0 Å². The molecule has 3 aromatic rings. The second kappa shape index (κ2) is 13.5. The largest absolute Gasteiger partial charge is 0.416 e. The number of hydrazone groups is 1. The monoisotopic (exact) mass is 632 g/mol. The van der Waals surface area contributed by atoms with Gasteiger partial charge in [0.25, 0.3) is 11.8 Å². The van der Waals surface area contributed by atoms with Gasteiger partial charge in [0.1, 0.15) is 6.54 Å². The Kier molecular flexibility index (Phi) is 9.71. The van der Waals surface area contributed by atoms with Gasteiger partial charge in [-0.15, -0.1) is 0 Å². The van der Waals surface area contributed by atoms with Gasteiger partial charge < -0.3 is 9.64 Å². The van der Waals surface area contributed by atoms with Crippen molar-refractivity contribution < 1.29 is 27.5 Å². The van der Waals surface area contributed by atoms with E-state index in [1.54, 1.807) is 24.3 Å². The van der Waals surface area contributed by atoms with E-state index in [0.717, 1.165) is 29.8 Å². The Morgan fingerprint density at radius 2 is 1.63 bits per heavy atom. The average Bonchev–Trinajstić information content (AvgIpc) is 3.45. The molecule has 0 radical (unpaired) electrons. The summed E-state index contributed by atoms with van der Waals surface area (Å²) in [5.74, 6) is -0.989. The Balaban J connectivity index is 1.42. The molecular formula is C31H29Cl2F3N4O3. The molecule has 0 saturated carbocycles. The molecule has 1 atom stereocenters. The van der Waals surface area contributed by atoms with Gasteiger partial charge in [-0.05, 0) is 48.0 Å². The molecule has 2 amide bonds. The first kappa shape index (κ1) is 31.0. The summed E-state index contributed by atoms with van der Waals surface area (Å²) in [5, 5.41) is 7.07. The smallest absolute Gasteiger partial charge is 0.379 e. The second-order valence-corrected chi connectivity index (χ2v) is 11.1. The summed E-state index contributed by atoms with van der Waals surface area (Å²) in [7, 11) is 0. The first-order valence-electron chi connectivity index (χ1n) is 13.8. The quantitative estimate of drug-likeness (QED) is 0.298. The Bertz CT molecular complexity index is 1480. The highest BCUT2D eigenvalue weighted by Crippen LogP contribution is 2.35. The Labute approximate surface area is 257 Å². The number of benzene rings is 3. The van der Waals surface area contributed by atoms with Gasteiger partial charge in [0.15, 0.2) is 0 Å². The van der Waals surface area contributed by atoms with Crippen LogP contribution in [0.25, 0.3) is 0 Å². The molecule has 1 fully saturated rings. The average molecular weight is 633 g/mol. The maximum Gasteiger partial charge on any atom is 0.416 e. The maximum absolute atomic E-state index is 13.9. The lowest BCUT2D eigenvalue weighted by molar-refractivity contribution is -0.137. The summed E-state index contributed by atoms with van der Waals surface area (Å²) in [5.41, 5.74) is 1.32. The minimum absolute atomic E-state index is 0.0544. The number of morpholine rings is 1. The molecule has 1 saturated heterocycles. The summed E-state index contributed by atoms with van der Waals surface area (Å²) < 4.78 is 44.8. The van der Waals surface area contributed by atoms with E-state index in [1.807, 2.05) is 24.3 Å². The normalized spacial score (nSPS) is 17.6. The van der Waals surface area contributed by atoms with Gasteiger partial charge in [0.05, 0.1) is 30.5 Å². The van der Waals surface area contributed by atoms with Crippen molar-refractivity contribution in [3.05, 3.63) is 105 Å². The van der Waals surface area contributed by atoms with Gasteiger partial charge in [-0.2, -0.15) is 18.3 Å².